The lowest BCUT2D eigenvalue weighted by molar-refractivity contribution is -0.112. The number of ether oxygens (including phenoxy) is 1. The second kappa shape index (κ2) is 10.5. The summed E-state index contributed by atoms with van der Waals surface area (Å²) >= 11 is 13.5. The van der Waals surface area contributed by atoms with Crippen molar-refractivity contribution in [2.24, 2.45) is 0 Å². The lowest BCUT2D eigenvalue weighted by Gasteiger charge is -2.12. The molecule has 0 radical (unpaired) electrons. The number of fused-ring (bicyclic) bond motifs is 1. The third kappa shape index (κ3) is 5.20. The van der Waals surface area contributed by atoms with Crippen molar-refractivity contribution in [1.29, 1.82) is 5.26 Å². The van der Waals surface area contributed by atoms with Crippen LogP contribution >= 0.6 is 34.5 Å². The van der Waals surface area contributed by atoms with Gasteiger partial charge in [-0.1, -0.05) is 23.2 Å². The second-order valence-electron chi connectivity index (χ2n) is 7.62. The lowest BCUT2D eigenvalue weighted by atomic mass is 9.95. The Morgan fingerprint density at radius 3 is 2.65 bits per heavy atom. The molecule has 0 fully saturated rings. The van der Waals surface area contributed by atoms with Crippen LogP contribution in [0.5, 0.6) is 0 Å². The molecule has 4 rings (SSSR count). The number of anilines is 1. The van der Waals surface area contributed by atoms with Crippen LogP contribution in [0.3, 0.4) is 0 Å². The number of halogens is 2. The van der Waals surface area contributed by atoms with Crippen LogP contribution < -0.4 is 5.32 Å². The number of esters is 1. The molecule has 1 N–H and O–H groups in total. The fourth-order valence-electron chi connectivity index (χ4n) is 3.82. The van der Waals surface area contributed by atoms with Gasteiger partial charge in [0.2, 0.25) is 0 Å². The molecule has 1 aliphatic carbocycles. The highest BCUT2D eigenvalue weighted by molar-refractivity contribution is 7.17. The van der Waals surface area contributed by atoms with Gasteiger partial charge in [-0.3, -0.25) is 4.79 Å². The van der Waals surface area contributed by atoms with Gasteiger partial charge in [-0.15, -0.1) is 11.3 Å². The molecule has 0 saturated carbocycles. The normalized spacial score (nSPS) is 13.2. The van der Waals surface area contributed by atoms with Crippen molar-refractivity contribution < 1.29 is 18.7 Å². The van der Waals surface area contributed by atoms with Crippen LogP contribution in [-0.4, -0.2) is 18.5 Å². The van der Waals surface area contributed by atoms with Gasteiger partial charge in [-0.2, -0.15) is 5.26 Å². The molecule has 2 aromatic heterocycles. The van der Waals surface area contributed by atoms with Crippen molar-refractivity contribution in [1.82, 2.24) is 0 Å². The molecule has 1 aromatic carbocycles. The topological polar surface area (TPSA) is 92.3 Å². The van der Waals surface area contributed by atoms with E-state index in [1.54, 1.807) is 37.3 Å². The molecule has 0 spiro atoms. The number of amides is 1. The number of carbonyl (C=O) groups is 2. The second-order valence-corrected chi connectivity index (χ2v) is 9.60. The highest BCUT2D eigenvalue weighted by Crippen LogP contribution is 2.39. The fourth-order valence-corrected chi connectivity index (χ4v) is 5.61. The van der Waals surface area contributed by atoms with Gasteiger partial charge in [0, 0.05) is 26.6 Å². The smallest absolute Gasteiger partial charge is 0.341 e. The summed E-state index contributed by atoms with van der Waals surface area (Å²) in [4.78, 5) is 26.6. The van der Waals surface area contributed by atoms with Gasteiger partial charge < -0.3 is 14.5 Å². The summed E-state index contributed by atoms with van der Waals surface area (Å²) in [6.07, 6.45) is 4.98. The number of thiophene rings is 1. The summed E-state index contributed by atoms with van der Waals surface area (Å²) in [5, 5.41) is 13.7. The van der Waals surface area contributed by atoms with Crippen LogP contribution in [0.15, 0.2) is 40.3 Å². The average molecular weight is 515 g/mol. The molecule has 0 aliphatic heterocycles. The van der Waals surface area contributed by atoms with Gasteiger partial charge in [0.05, 0.1) is 12.2 Å². The molecule has 1 amide bonds. The molecule has 34 heavy (non-hydrogen) atoms. The van der Waals surface area contributed by atoms with Crippen molar-refractivity contribution in [3.8, 4) is 17.4 Å². The van der Waals surface area contributed by atoms with E-state index in [1.165, 1.54) is 17.4 Å². The third-order valence-electron chi connectivity index (χ3n) is 5.30. The zero-order valence-corrected chi connectivity index (χ0v) is 20.6. The maximum atomic E-state index is 12.9. The van der Waals surface area contributed by atoms with Crippen LogP contribution in [0.2, 0.25) is 10.0 Å². The standard InChI is InChI=1S/C25H20Cl2N2O4S/c1-2-32-25(31)22-19-5-3-4-6-21(19)34-24(22)29-23(30)15(13-28)11-18-7-8-20(33-18)14-9-16(26)12-17(27)10-14/h7-12H,2-6H2,1H3,(H,29,30)/b15-11+. The lowest BCUT2D eigenvalue weighted by Crippen LogP contribution is -2.16. The van der Waals surface area contributed by atoms with E-state index in [0.29, 0.717) is 37.7 Å². The molecular weight excluding hydrogens is 495 g/mol. The first-order chi connectivity index (χ1) is 16.4. The summed E-state index contributed by atoms with van der Waals surface area (Å²) in [6.45, 7) is 1.97. The van der Waals surface area contributed by atoms with Crippen LogP contribution in [0.1, 0.15) is 46.3 Å². The number of rotatable bonds is 6. The number of hydrogen-bond donors (Lipinski definition) is 1. The zero-order valence-electron chi connectivity index (χ0n) is 18.2. The molecule has 0 bridgehead atoms. The number of carbonyl (C=O) groups excluding carboxylic acids is 2. The third-order valence-corrected chi connectivity index (χ3v) is 6.95. The molecule has 1 aliphatic rings. The minimum Gasteiger partial charge on any atom is -0.462 e. The van der Waals surface area contributed by atoms with E-state index in [4.69, 9.17) is 32.4 Å². The predicted octanol–water partition coefficient (Wildman–Crippen LogP) is 6.92. The summed E-state index contributed by atoms with van der Waals surface area (Å²) in [7, 11) is 0. The molecule has 0 saturated heterocycles. The fraction of sp³-hybridized carbons (Fsp3) is 0.240. The maximum absolute atomic E-state index is 12.9. The molecule has 0 atom stereocenters. The number of aryl methyl sites for hydroxylation is 1. The number of hydrogen-bond acceptors (Lipinski definition) is 6. The Bertz CT molecular complexity index is 1310. The number of furan rings is 1. The zero-order chi connectivity index (χ0) is 24.2. The van der Waals surface area contributed by atoms with E-state index in [1.807, 2.05) is 6.07 Å². The first-order valence-corrected chi connectivity index (χ1v) is 12.3. The Balaban J connectivity index is 1.60. The average Bonchev–Trinajstić information content (AvgIpc) is 3.41. The summed E-state index contributed by atoms with van der Waals surface area (Å²) < 4.78 is 11.0. The van der Waals surface area contributed by atoms with Gasteiger partial charge >= 0.3 is 5.97 Å². The van der Waals surface area contributed by atoms with Gasteiger partial charge in [-0.05, 0) is 68.5 Å². The number of nitrogens with one attached hydrogen (secondary N) is 1. The molecular formula is C25H20Cl2N2O4S. The van der Waals surface area contributed by atoms with E-state index in [-0.39, 0.29) is 12.2 Å². The van der Waals surface area contributed by atoms with E-state index < -0.39 is 11.9 Å². The highest BCUT2D eigenvalue weighted by atomic mass is 35.5. The van der Waals surface area contributed by atoms with Crippen molar-refractivity contribution in [2.75, 3.05) is 11.9 Å². The molecule has 6 nitrogen and oxygen atoms in total. The number of nitrogens with zero attached hydrogens (tertiary/aromatic N) is 1. The van der Waals surface area contributed by atoms with E-state index in [2.05, 4.69) is 5.32 Å². The molecule has 2 heterocycles. The summed E-state index contributed by atoms with van der Waals surface area (Å²) in [6, 6.07) is 10.3. The van der Waals surface area contributed by atoms with E-state index in [0.717, 1.165) is 36.1 Å². The molecule has 3 aromatic rings. The highest BCUT2D eigenvalue weighted by Gasteiger charge is 2.28. The minimum absolute atomic E-state index is 0.161. The monoisotopic (exact) mass is 514 g/mol. The van der Waals surface area contributed by atoms with Gasteiger partial charge in [-0.25, -0.2) is 4.79 Å². The van der Waals surface area contributed by atoms with Crippen molar-refractivity contribution >= 4 is 57.5 Å². The number of nitriles is 1. The quantitative estimate of drug-likeness (QED) is 0.219. The van der Waals surface area contributed by atoms with Crippen LogP contribution in [0, 0.1) is 11.3 Å². The van der Waals surface area contributed by atoms with Crippen LogP contribution in [0.4, 0.5) is 5.00 Å². The van der Waals surface area contributed by atoms with Crippen molar-refractivity contribution in [3.05, 3.63) is 67.7 Å². The van der Waals surface area contributed by atoms with Crippen molar-refractivity contribution in [2.45, 2.75) is 32.6 Å². The van der Waals surface area contributed by atoms with Crippen molar-refractivity contribution in [3.63, 3.8) is 0 Å². The Kier molecular flexibility index (Phi) is 7.42. The first-order valence-electron chi connectivity index (χ1n) is 10.7. The first kappa shape index (κ1) is 24.1. The Labute approximate surface area is 210 Å². The minimum atomic E-state index is -0.629. The Morgan fingerprint density at radius 1 is 1.21 bits per heavy atom. The largest absolute Gasteiger partial charge is 0.462 e. The van der Waals surface area contributed by atoms with Crippen LogP contribution in [0.25, 0.3) is 17.4 Å². The number of benzene rings is 1. The van der Waals surface area contributed by atoms with E-state index in [9.17, 15) is 14.9 Å². The maximum Gasteiger partial charge on any atom is 0.341 e. The van der Waals surface area contributed by atoms with E-state index >= 15 is 0 Å². The molecule has 174 valence electrons. The Hall–Kier alpha value is -3.05. The van der Waals surface area contributed by atoms with Gasteiger partial charge in [0.25, 0.3) is 5.91 Å². The molecule has 0 unspecified atom stereocenters. The SMILES string of the molecule is CCOC(=O)c1c(NC(=O)/C(C#N)=C/c2ccc(-c3cc(Cl)cc(Cl)c3)o2)sc2c1CCCC2. The molecule has 9 heteroatoms. The van der Waals surface area contributed by atoms with Gasteiger partial charge in [0.1, 0.15) is 28.2 Å². The van der Waals surface area contributed by atoms with Crippen LogP contribution in [-0.2, 0) is 22.4 Å². The van der Waals surface area contributed by atoms with Gasteiger partial charge in [0.15, 0.2) is 0 Å². The summed E-state index contributed by atoms with van der Waals surface area (Å²) in [5.74, 6) is -0.288. The predicted molar refractivity (Wildman–Crippen MR) is 133 cm³/mol. The Morgan fingerprint density at radius 2 is 1.94 bits per heavy atom. The summed E-state index contributed by atoms with van der Waals surface area (Å²) in [5.41, 5.74) is 1.84.